The lowest BCUT2D eigenvalue weighted by molar-refractivity contribution is -0.137. The summed E-state index contributed by atoms with van der Waals surface area (Å²) in [6.45, 7) is 2.25. The highest BCUT2D eigenvalue weighted by Gasteiger charge is 2.30. The number of nitrogens with zero attached hydrogens (tertiary/aromatic N) is 2. The van der Waals surface area contributed by atoms with Crippen LogP contribution in [0.15, 0.2) is 24.3 Å². The number of nitrogens with one attached hydrogen (secondary N) is 1. The molecule has 0 atom stereocenters. The minimum absolute atomic E-state index is 0.0741. The summed E-state index contributed by atoms with van der Waals surface area (Å²) in [6.07, 6.45) is -3.43. The Hall–Kier alpha value is -2.25. The largest absolute Gasteiger partial charge is 0.416 e. The Morgan fingerprint density at radius 2 is 1.91 bits per heavy atom. The first-order valence-corrected chi connectivity index (χ1v) is 7.28. The number of hydrogen-bond acceptors (Lipinski definition) is 3. The Morgan fingerprint density at radius 1 is 1.22 bits per heavy atom. The van der Waals surface area contributed by atoms with Crippen LogP contribution in [0.25, 0.3) is 0 Å². The van der Waals surface area contributed by atoms with Crippen LogP contribution in [-0.4, -0.2) is 54.8 Å². The molecular weight excluding hydrogens is 311 g/mol. The second-order valence-electron chi connectivity index (χ2n) is 5.28. The minimum atomic E-state index is -4.38. The number of alkyl halides is 3. The topological polar surface area (TPSA) is 52.7 Å². The summed E-state index contributed by atoms with van der Waals surface area (Å²) in [6, 6.07) is 4.88. The first kappa shape index (κ1) is 17.1. The van der Waals surface area contributed by atoms with Crippen molar-refractivity contribution in [2.75, 3.05) is 38.0 Å². The Kier molecular flexibility index (Phi) is 5.46. The average Bonchev–Trinajstić information content (AvgIpc) is 2.54. The van der Waals surface area contributed by atoms with Crippen molar-refractivity contribution < 1.29 is 22.8 Å². The normalized spacial score (nSPS) is 15.4. The quantitative estimate of drug-likeness (QED) is 0.838. The molecule has 2 amide bonds. The van der Waals surface area contributed by atoms with E-state index in [2.05, 4.69) is 5.32 Å². The van der Waals surface area contributed by atoms with Crippen molar-refractivity contribution in [3.63, 3.8) is 0 Å². The molecule has 5 nitrogen and oxygen atoms in total. The summed E-state index contributed by atoms with van der Waals surface area (Å²) in [4.78, 5) is 25.9. The maximum atomic E-state index is 12.6. The smallest absolute Gasteiger partial charge is 0.385 e. The van der Waals surface area contributed by atoms with Gasteiger partial charge in [-0.15, -0.1) is 0 Å². The number of piperazine rings is 1. The van der Waals surface area contributed by atoms with E-state index in [0.717, 1.165) is 18.5 Å². The van der Waals surface area contributed by atoms with Crippen LogP contribution < -0.4 is 5.32 Å². The lowest BCUT2D eigenvalue weighted by Crippen LogP contribution is -2.48. The second kappa shape index (κ2) is 7.34. The van der Waals surface area contributed by atoms with Gasteiger partial charge in [0.25, 0.3) is 0 Å². The first-order chi connectivity index (χ1) is 10.9. The monoisotopic (exact) mass is 329 g/mol. The van der Waals surface area contributed by atoms with Gasteiger partial charge in [-0.1, -0.05) is 6.07 Å². The number of rotatable bonds is 5. The molecule has 1 N–H and O–H groups in total. The summed E-state index contributed by atoms with van der Waals surface area (Å²) >= 11 is 0. The van der Waals surface area contributed by atoms with Crippen molar-refractivity contribution in [2.45, 2.75) is 12.6 Å². The van der Waals surface area contributed by atoms with Crippen molar-refractivity contribution >= 4 is 18.0 Å². The number of amides is 2. The molecule has 0 aliphatic carbocycles. The van der Waals surface area contributed by atoms with E-state index in [9.17, 15) is 22.8 Å². The molecule has 0 spiro atoms. The minimum Gasteiger partial charge on any atom is -0.385 e. The van der Waals surface area contributed by atoms with Gasteiger partial charge in [-0.05, 0) is 18.2 Å². The van der Waals surface area contributed by atoms with Crippen LogP contribution in [-0.2, 0) is 15.8 Å². The molecular formula is C15H18F3N3O2. The van der Waals surface area contributed by atoms with Gasteiger partial charge < -0.3 is 15.1 Å². The fourth-order valence-electron chi connectivity index (χ4n) is 2.35. The molecule has 1 heterocycles. The zero-order valence-electron chi connectivity index (χ0n) is 12.5. The zero-order chi connectivity index (χ0) is 16.9. The number of halogens is 3. The number of anilines is 1. The van der Waals surface area contributed by atoms with Gasteiger partial charge in [0.1, 0.15) is 0 Å². The lowest BCUT2D eigenvalue weighted by atomic mass is 10.2. The van der Waals surface area contributed by atoms with E-state index in [4.69, 9.17) is 0 Å². The van der Waals surface area contributed by atoms with Crippen LogP contribution in [0.1, 0.15) is 12.0 Å². The zero-order valence-corrected chi connectivity index (χ0v) is 12.5. The van der Waals surface area contributed by atoms with E-state index in [-0.39, 0.29) is 18.9 Å². The van der Waals surface area contributed by atoms with Crippen molar-refractivity contribution in [3.05, 3.63) is 29.8 Å². The van der Waals surface area contributed by atoms with Crippen LogP contribution in [0, 0.1) is 0 Å². The Morgan fingerprint density at radius 3 is 2.52 bits per heavy atom. The van der Waals surface area contributed by atoms with Gasteiger partial charge in [-0.2, -0.15) is 13.2 Å². The van der Waals surface area contributed by atoms with Gasteiger partial charge in [0.2, 0.25) is 12.3 Å². The Bertz CT molecular complexity index is 555. The highest BCUT2D eigenvalue weighted by atomic mass is 19.4. The van der Waals surface area contributed by atoms with Crippen LogP contribution in [0.4, 0.5) is 18.9 Å². The second-order valence-corrected chi connectivity index (χ2v) is 5.28. The maximum absolute atomic E-state index is 12.6. The molecule has 1 aromatic rings. The third-order valence-corrected chi connectivity index (χ3v) is 3.67. The van der Waals surface area contributed by atoms with Crippen LogP contribution in [0.2, 0.25) is 0 Å². The summed E-state index contributed by atoms with van der Waals surface area (Å²) in [7, 11) is 0. The molecule has 23 heavy (non-hydrogen) atoms. The molecule has 1 fully saturated rings. The maximum Gasteiger partial charge on any atom is 0.416 e. The van der Waals surface area contributed by atoms with E-state index < -0.39 is 11.7 Å². The predicted molar refractivity (Wildman–Crippen MR) is 78.8 cm³/mol. The fraction of sp³-hybridized carbons (Fsp3) is 0.467. The highest BCUT2D eigenvalue weighted by molar-refractivity contribution is 5.77. The fourth-order valence-corrected chi connectivity index (χ4v) is 2.35. The summed E-state index contributed by atoms with van der Waals surface area (Å²) < 4.78 is 37.8. The van der Waals surface area contributed by atoms with E-state index in [1.165, 1.54) is 12.1 Å². The molecule has 0 radical (unpaired) electrons. The average molecular weight is 329 g/mol. The number of carbonyl (C=O) groups excluding carboxylic acids is 2. The highest BCUT2D eigenvalue weighted by Crippen LogP contribution is 2.30. The Balaban J connectivity index is 1.79. The van der Waals surface area contributed by atoms with Gasteiger partial charge >= 0.3 is 6.18 Å². The van der Waals surface area contributed by atoms with E-state index >= 15 is 0 Å². The standard InChI is InChI=1S/C15H18F3N3O2/c16-15(17,18)12-2-1-3-13(10-12)19-5-4-14(23)21-8-6-20(11-22)7-9-21/h1-3,10-11,19H,4-9H2. The molecule has 8 heteroatoms. The number of benzene rings is 1. The van der Waals surface area contributed by atoms with Gasteiger partial charge in [0.15, 0.2) is 0 Å². The molecule has 1 saturated heterocycles. The Labute approximate surface area is 132 Å². The number of carbonyl (C=O) groups is 2. The van der Waals surface area contributed by atoms with Crippen molar-refractivity contribution in [1.29, 1.82) is 0 Å². The van der Waals surface area contributed by atoms with Crippen LogP contribution >= 0.6 is 0 Å². The number of hydrogen-bond donors (Lipinski definition) is 1. The summed E-state index contributed by atoms with van der Waals surface area (Å²) in [5, 5.41) is 2.83. The third kappa shape index (κ3) is 4.87. The molecule has 0 bridgehead atoms. The molecule has 0 saturated carbocycles. The molecule has 2 rings (SSSR count). The van der Waals surface area contributed by atoms with Gasteiger partial charge in [-0.25, -0.2) is 0 Å². The molecule has 0 aromatic heterocycles. The summed E-state index contributed by atoms with van der Waals surface area (Å²) in [5.74, 6) is -0.0741. The van der Waals surface area contributed by atoms with E-state index in [1.807, 2.05) is 0 Å². The van der Waals surface area contributed by atoms with Crippen LogP contribution in [0.5, 0.6) is 0 Å². The first-order valence-electron chi connectivity index (χ1n) is 7.28. The third-order valence-electron chi connectivity index (χ3n) is 3.67. The molecule has 1 aromatic carbocycles. The molecule has 1 aliphatic heterocycles. The van der Waals surface area contributed by atoms with Crippen molar-refractivity contribution in [2.24, 2.45) is 0 Å². The molecule has 1 aliphatic rings. The lowest BCUT2D eigenvalue weighted by Gasteiger charge is -2.32. The van der Waals surface area contributed by atoms with Crippen molar-refractivity contribution in [3.8, 4) is 0 Å². The van der Waals surface area contributed by atoms with Gasteiger partial charge in [-0.3, -0.25) is 9.59 Å². The van der Waals surface area contributed by atoms with Crippen molar-refractivity contribution in [1.82, 2.24) is 9.80 Å². The van der Waals surface area contributed by atoms with Gasteiger partial charge in [0.05, 0.1) is 5.56 Å². The van der Waals surface area contributed by atoms with E-state index in [1.54, 1.807) is 9.80 Å². The predicted octanol–water partition coefficient (Wildman–Crippen LogP) is 1.81. The van der Waals surface area contributed by atoms with Gasteiger partial charge in [0, 0.05) is 44.8 Å². The van der Waals surface area contributed by atoms with E-state index in [0.29, 0.717) is 31.9 Å². The molecule has 0 unspecified atom stereocenters. The SMILES string of the molecule is O=CN1CCN(C(=O)CCNc2cccc(C(F)(F)F)c2)CC1. The molecule has 126 valence electrons. The summed E-state index contributed by atoms with van der Waals surface area (Å²) in [5.41, 5.74) is -0.391. The van der Waals surface area contributed by atoms with Crippen LogP contribution in [0.3, 0.4) is 0 Å².